The summed E-state index contributed by atoms with van der Waals surface area (Å²) in [5, 5.41) is 4.21. The first-order valence-electron chi connectivity index (χ1n) is 6.35. The first-order chi connectivity index (χ1) is 8.76. The first kappa shape index (κ1) is 13.7. The molecule has 0 bridgehead atoms. The molecule has 0 radical (unpaired) electrons. The number of halogens is 1. The Balaban J connectivity index is 2.33. The number of benzene rings is 1. The van der Waals surface area contributed by atoms with Crippen LogP contribution in [0.5, 0.6) is 5.75 Å². The highest BCUT2D eigenvalue weighted by atomic mass is 35.5. The van der Waals surface area contributed by atoms with Gasteiger partial charge in [-0.15, -0.1) is 0 Å². The summed E-state index contributed by atoms with van der Waals surface area (Å²) < 4.78 is 10.5. The summed E-state index contributed by atoms with van der Waals surface area (Å²) in [7, 11) is 3.34. The molecular formula is C14H20ClNO2. The fourth-order valence-electron chi connectivity index (χ4n) is 2.49. The van der Waals surface area contributed by atoms with E-state index in [2.05, 4.69) is 5.32 Å². The van der Waals surface area contributed by atoms with Gasteiger partial charge >= 0.3 is 0 Å². The van der Waals surface area contributed by atoms with Gasteiger partial charge in [0.2, 0.25) is 0 Å². The molecule has 1 aliphatic heterocycles. The molecule has 0 aliphatic carbocycles. The van der Waals surface area contributed by atoms with Crippen molar-refractivity contribution < 1.29 is 9.47 Å². The molecule has 1 saturated heterocycles. The van der Waals surface area contributed by atoms with E-state index >= 15 is 0 Å². The monoisotopic (exact) mass is 269 g/mol. The van der Waals surface area contributed by atoms with Crippen molar-refractivity contribution in [1.29, 1.82) is 0 Å². The van der Waals surface area contributed by atoms with E-state index in [-0.39, 0.29) is 0 Å². The van der Waals surface area contributed by atoms with Gasteiger partial charge in [0.1, 0.15) is 5.75 Å². The van der Waals surface area contributed by atoms with Gasteiger partial charge < -0.3 is 14.8 Å². The van der Waals surface area contributed by atoms with E-state index in [1.54, 1.807) is 14.2 Å². The fourth-order valence-corrected chi connectivity index (χ4v) is 2.74. The molecule has 1 aliphatic rings. The van der Waals surface area contributed by atoms with Gasteiger partial charge in [0, 0.05) is 13.2 Å². The highest BCUT2D eigenvalue weighted by Crippen LogP contribution is 2.34. The van der Waals surface area contributed by atoms with Crippen molar-refractivity contribution >= 4 is 11.6 Å². The predicted molar refractivity (Wildman–Crippen MR) is 73.3 cm³/mol. The Morgan fingerprint density at radius 3 is 2.78 bits per heavy atom. The summed E-state index contributed by atoms with van der Waals surface area (Å²) in [6, 6.07) is 4.38. The van der Waals surface area contributed by atoms with Crippen LogP contribution >= 0.6 is 11.6 Å². The summed E-state index contributed by atoms with van der Waals surface area (Å²) in [5.74, 6) is 0.711. The number of hydrogen-bond donors (Lipinski definition) is 1. The van der Waals surface area contributed by atoms with E-state index in [4.69, 9.17) is 21.1 Å². The standard InChI is InChI=1S/C14H20ClNO2/c1-17-9-10-7-14(18-2)12(15)8-11(10)13-5-3-4-6-16-13/h7-8,13,16H,3-6,9H2,1-2H3. The molecule has 1 N–H and O–H groups in total. The Hall–Kier alpha value is -0.770. The normalized spacial score (nSPS) is 19.8. The lowest BCUT2D eigenvalue weighted by atomic mass is 9.93. The minimum atomic E-state index is 0.382. The number of piperidine rings is 1. The van der Waals surface area contributed by atoms with Crippen molar-refractivity contribution in [2.24, 2.45) is 0 Å². The number of rotatable bonds is 4. The minimum absolute atomic E-state index is 0.382. The number of nitrogens with one attached hydrogen (secondary N) is 1. The molecule has 1 atom stereocenters. The molecule has 1 heterocycles. The van der Waals surface area contributed by atoms with Crippen LogP contribution in [0.2, 0.25) is 5.02 Å². The van der Waals surface area contributed by atoms with E-state index in [1.807, 2.05) is 12.1 Å². The summed E-state index contributed by atoms with van der Waals surface area (Å²) in [5.41, 5.74) is 2.39. The van der Waals surface area contributed by atoms with Gasteiger partial charge in [0.25, 0.3) is 0 Å². The van der Waals surface area contributed by atoms with Crippen LogP contribution in [0.15, 0.2) is 12.1 Å². The lowest BCUT2D eigenvalue weighted by Crippen LogP contribution is -2.27. The Morgan fingerprint density at radius 1 is 1.33 bits per heavy atom. The van der Waals surface area contributed by atoms with Crippen LogP contribution in [0.4, 0.5) is 0 Å². The van der Waals surface area contributed by atoms with Gasteiger partial charge in [-0.3, -0.25) is 0 Å². The van der Waals surface area contributed by atoms with Gasteiger partial charge in [-0.2, -0.15) is 0 Å². The zero-order valence-electron chi connectivity index (χ0n) is 11.0. The van der Waals surface area contributed by atoms with Crippen LogP contribution in [0, 0.1) is 0 Å². The number of methoxy groups -OCH3 is 2. The van der Waals surface area contributed by atoms with E-state index in [0.717, 1.165) is 18.5 Å². The van der Waals surface area contributed by atoms with Crippen LogP contribution in [0.3, 0.4) is 0 Å². The highest BCUT2D eigenvalue weighted by molar-refractivity contribution is 6.32. The minimum Gasteiger partial charge on any atom is -0.495 e. The molecule has 100 valence electrons. The Morgan fingerprint density at radius 2 is 2.17 bits per heavy atom. The SMILES string of the molecule is COCc1cc(OC)c(Cl)cc1C1CCCCN1. The third-order valence-corrected chi connectivity index (χ3v) is 3.69. The van der Waals surface area contributed by atoms with Crippen LogP contribution in [-0.4, -0.2) is 20.8 Å². The van der Waals surface area contributed by atoms with Crippen LogP contribution < -0.4 is 10.1 Å². The highest BCUT2D eigenvalue weighted by Gasteiger charge is 2.19. The van der Waals surface area contributed by atoms with Crippen molar-refractivity contribution in [3.8, 4) is 5.75 Å². The lowest BCUT2D eigenvalue weighted by molar-refractivity contribution is 0.183. The van der Waals surface area contributed by atoms with Gasteiger partial charge in [-0.05, 0) is 42.6 Å². The van der Waals surface area contributed by atoms with Crippen molar-refractivity contribution in [2.45, 2.75) is 31.9 Å². The maximum atomic E-state index is 6.23. The van der Waals surface area contributed by atoms with Gasteiger partial charge in [-0.25, -0.2) is 0 Å². The van der Waals surface area contributed by atoms with Gasteiger partial charge in [0.05, 0.1) is 18.7 Å². The maximum Gasteiger partial charge on any atom is 0.137 e. The summed E-state index contributed by atoms with van der Waals surface area (Å²) in [6.07, 6.45) is 3.66. The smallest absolute Gasteiger partial charge is 0.137 e. The molecular weight excluding hydrogens is 250 g/mol. The number of ether oxygens (including phenoxy) is 2. The van der Waals surface area contributed by atoms with Crippen molar-refractivity contribution in [2.75, 3.05) is 20.8 Å². The van der Waals surface area contributed by atoms with Crippen LogP contribution in [0.25, 0.3) is 0 Å². The molecule has 2 rings (SSSR count). The predicted octanol–water partition coefficient (Wildman–Crippen LogP) is 3.31. The van der Waals surface area contributed by atoms with Crippen LogP contribution in [0.1, 0.15) is 36.4 Å². The van der Waals surface area contributed by atoms with Crippen molar-refractivity contribution in [1.82, 2.24) is 5.32 Å². The molecule has 1 unspecified atom stereocenters. The molecule has 3 nitrogen and oxygen atoms in total. The molecule has 4 heteroatoms. The Bertz CT molecular complexity index is 403. The average Bonchev–Trinajstić information content (AvgIpc) is 2.41. The third kappa shape index (κ3) is 2.97. The quantitative estimate of drug-likeness (QED) is 0.910. The molecule has 1 fully saturated rings. The van der Waals surface area contributed by atoms with E-state index in [9.17, 15) is 0 Å². The van der Waals surface area contributed by atoms with Crippen molar-refractivity contribution in [3.05, 3.63) is 28.3 Å². The fraction of sp³-hybridized carbons (Fsp3) is 0.571. The molecule has 0 aromatic heterocycles. The second-order valence-electron chi connectivity index (χ2n) is 4.62. The Kier molecular flexibility index (Phi) is 4.87. The van der Waals surface area contributed by atoms with Gasteiger partial charge in [0.15, 0.2) is 0 Å². The second-order valence-corrected chi connectivity index (χ2v) is 5.03. The average molecular weight is 270 g/mol. The molecule has 1 aromatic rings. The summed E-state index contributed by atoms with van der Waals surface area (Å²) >= 11 is 6.23. The molecule has 1 aromatic carbocycles. The Labute approximate surface area is 113 Å². The van der Waals surface area contributed by atoms with Gasteiger partial charge in [-0.1, -0.05) is 18.0 Å². The lowest BCUT2D eigenvalue weighted by Gasteiger charge is -2.26. The van der Waals surface area contributed by atoms with E-state index < -0.39 is 0 Å². The van der Waals surface area contributed by atoms with E-state index in [1.165, 1.54) is 18.4 Å². The van der Waals surface area contributed by atoms with E-state index in [0.29, 0.717) is 23.4 Å². The molecule has 0 saturated carbocycles. The topological polar surface area (TPSA) is 30.5 Å². The number of hydrogen-bond acceptors (Lipinski definition) is 3. The molecule has 18 heavy (non-hydrogen) atoms. The maximum absolute atomic E-state index is 6.23. The zero-order valence-corrected chi connectivity index (χ0v) is 11.7. The largest absolute Gasteiger partial charge is 0.495 e. The summed E-state index contributed by atoms with van der Waals surface area (Å²) in [4.78, 5) is 0. The van der Waals surface area contributed by atoms with Crippen molar-refractivity contribution in [3.63, 3.8) is 0 Å². The third-order valence-electron chi connectivity index (χ3n) is 3.40. The van der Waals surface area contributed by atoms with Crippen LogP contribution in [-0.2, 0) is 11.3 Å². The summed E-state index contributed by atoms with van der Waals surface area (Å²) in [6.45, 7) is 1.65. The second kappa shape index (κ2) is 6.41. The first-order valence-corrected chi connectivity index (χ1v) is 6.72. The molecule has 0 amide bonds. The molecule has 0 spiro atoms. The zero-order chi connectivity index (χ0) is 13.0.